The van der Waals surface area contributed by atoms with E-state index in [1.165, 1.54) is 30.0 Å². The van der Waals surface area contributed by atoms with Gasteiger partial charge in [0.15, 0.2) is 5.16 Å². The molecule has 3 aromatic rings. The van der Waals surface area contributed by atoms with E-state index in [9.17, 15) is 9.18 Å². The van der Waals surface area contributed by atoms with E-state index >= 15 is 0 Å². The number of anilines is 1. The molecule has 0 fully saturated rings. The van der Waals surface area contributed by atoms with Crippen molar-refractivity contribution in [2.24, 2.45) is 0 Å². The van der Waals surface area contributed by atoms with Gasteiger partial charge >= 0.3 is 0 Å². The third kappa shape index (κ3) is 4.93. The fourth-order valence-corrected chi connectivity index (χ4v) is 3.68. The van der Waals surface area contributed by atoms with Crippen molar-refractivity contribution in [2.45, 2.75) is 11.7 Å². The molecule has 0 bridgehead atoms. The molecule has 5 nitrogen and oxygen atoms in total. The zero-order valence-electron chi connectivity index (χ0n) is 14.3. The van der Waals surface area contributed by atoms with E-state index in [0.717, 1.165) is 11.0 Å². The lowest BCUT2D eigenvalue weighted by molar-refractivity contribution is -0.113. The topological polar surface area (TPSA) is 56.1 Å². The smallest absolute Gasteiger partial charge is 0.234 e. The predicted octanol–water partition coefficient (Wildman–Crippen LogP) is 4.86. The van der Waals surface area contributed by atoms with E-state index in [-0.39, 0.29) is 16.7 Å². The number of aromatic nitrogens is 2. The fourth-order valence-electron chi connectivity index (χ4n) is 2.49. The van der Waals surface area contributed by atoms with Crippen LogP contribution in [0.5, 0.6) is 0 Å². The van der Waals surface area contributed by atoms with Gasteiger partial charge in [-0.1, -0.05) is 35.0 Å². The van der Waals surface area contributed by atoms with E-state index < -0.39 is 5.82 Å². The van der Waals surface area contributed by atoms with Crippen molar-refractivity contribution in [3.63, 3.8) is 0 Å². The van der Waals surface area contributed by atoms with E-state index in [1.807, 2.05) is 10.6 Å². The van der Waals surface area contributed by atoms with Crippen LogP contribution in [0.25, 0.3) is 11.0 Å². The zero-order valence-corrected chi connectivity index (χ0v) is 16.7. The zero-order chi connectivity index (χ0) is 19.4. The van der Waals surface area contributed by atoms with Gasteiger partial charge in [0.25, 0.3) is 0 Å². The number of hydrogen-bond donors (Lipinski definition) is 1. The monoisotopic (exact) mass is 427 g/mol. The Morgan fingerprint density at radius 3 is 2.85 bits per heavy atom. The van der Waals surface area contributed by atoms with Crippen LogP contribution in [-0.4, -0.2) is 34.9 Å². The van der Waals surface area contributed by atoms with Crippen LogP contribution in [0.2, 0.25) is 10.0 Å². The van der Waals surface area contributed by atoms with E-state index in [4.69, 9.17) is 27.9 Å². The third-order valence-electron chi connectivity index (χ3n) is 3.73. The highest BCUT2D eigenvalue weighted by atomic mass is 35.5. The molecule has 0 saturated heterocycles. The maximum absolute atomic E-state index is 13.2. The Bertz CT molecular complexity index is 981. The Morgan fingerprint density at radius 2 is 2.11 bits per heavy atom. The molecule has 9 heteroatoms. The first-order valence-corrected chi connectivity index (χ1v) is 9.74. The summed E-state index contributed by atoms with van der Waals surface area (Å²) < 4.78 is 20.4. The first-order valence-electron chi connectivity index (χ1n) is 8.00. The second-order valence-corrected chi connectivity index (χ2v) is 7.42. The van der Waals surface area contributed by atoms with Crippen molar-refractivity contribution in [3.05, 3.63) is 52.3 Å². The molecule has 0 aliphatic heterocycles. The van der Waals surface area contributed by atoms with E-state index in [1.54, 1.807) is 19.2 Å². The summed E-state index contributed by atoms with van der Waals surface area (Å²) in [5.74, 6) is -0.639. The number of nitrogens with zero attached hydrogens (tertiary/aromatic N) is 2. The van der Waals surface area contributed by atoms with Crippen LogP contribution in [-0.2, 0) is 16.1 Å². The Morgan fingerprint density at radius 1 is 1.30 bits per heavy atom. The number of thioether (sulfide) groups is 1. The van der Waals surface area contributed by atoms with Crippen LogP contribution in [0.15, 0.2) is 41.6 Å². The van der Waals surface area contributed by atoms with Gasteiger partial charge in [-0.25, -0.2) is 9.37 Å². The number of methoxy groups -OCH3 is 1. The third-order valence-corrected chi connectivity index (χ3v) is 5.23. The van der Waals surface area contributed by atoms with Gasteiger partial charge in [0.2, 0.25) is 5.91 Å². The Balaban J connectivity index is 1.73. The molecule has 142 valence electrons. The molecule has 1 amide bonds. The van der Waals surface area contributed by atoms with Crippen LogP contribution in [0.4, 0.5) is 10.1 Å². The predicted molar refractivity (Wildman–Crippen MR) is 107 cm³/mol. The van der Waals surface area contributed by atoms with Crippen molar-refractivity contribution in [1.82, 2.24) is 9.55 Å². The second kappa shape index (κ2) is 8.93. The number of benzene rings is 2. The summed E-state index contributed by atoms with van der Waals surface area (Å²) in [7, 11) is 1.63. The number of carbonyl (C=O) groups is 1. The standard InChI is InChI=1S/C18H16Cl2FN3O2S/c1-26-7-6-24-16-5-2-11(19)8-15(16)23-18(24)27-10-17(25)22-12-3-4-14(21)13(20)9-12/h2-5,8-9H,6-7,10H2,1H3,(H,22,25). The molecule has 27 heavy (non-hydrogen) atoms. The average Bonchev–Trinajstić information content (AvgIpc) is 2.97. The Labute approximate surface area is 169 Å². The number of imidazole rings is 1. The number of ether oxygens (including phenoxy) is 1. The summed E-state index contributed by atoms with van der Waals surface area (Å²) in [5, 5.41) is 3.94. The molecule has 0 saturated carbocycles. The summed E-state index contributed by atoms with van der Waals surface area (Å²) in [6.45, 7) is 1.12. The van der Waals surface area contributed by atoms with Gasteiger partial charge in [0, 0.05) is 24.4 Å². The van der Waals surface area contributed by atoms with Gasteiger partial charge in [-0.05, 0) is 36.4 Å². The van der Waals surface area contributed by atoms with Gasteiger partial charge in [0.1, 0.15) is 5.82 Å². The summed E-state index contributed by atoms with van der Waals surface area (Å²) in [6.07, 6.45) is 0. The summed E-state index contributed by atoms with van der Waals surface area (Å²) >= 11 is 13.1. The molecular formula is C18H16Cl2FN3O2S. The molecule has 2 aromatic carbocycles. The molecule has 0 spiro atoms. The first-order chi connectivity index (χ1) is 13.0. The molecule has 0 unspecified atom stereocenters. The summed E-state index contributed by atoms with van der Waals surface area (Å²) in [5.41, 5.74) is 2.11. The number of fused-ring (bicyclic) bond motifs is 1. The van der Waals surface area contributed by atoms with Crippen LogP contribution >= 0.6 is 35.0 Å². The van der Waals surface area contributed by atoms with Gasteiger partial charge in [-0.15, -0.1) is 0 Å². The van der Waals surface area contributed by atoms with Crippen molar-refractivity contribution < 1.29 is 13.9 Å². The molecule has 1 N–H and O–H groups in total. The Kier molecular flexibility index (Phi) is 6.59. The normalized spacial score (nSPS) is 11.1. The maximum Gasteiger partial charge on any atom is 0.234 e. The number of nitrogens with one attached hydrogen (secondary N) is 1. The first kappa shape index (κ1) is 19.9. The van der Waals surface area contributed by atoms with Crippen molar-refractivity contribution in [2.75, 3.05) is 24.8 Å². The molecule has 3 rings (SSSR count). The molecular weight excluding hydrogens is 412 g/mol. The van der Waals surface area contributed by atoms with Crippen LogP contribution in [0.1, 0.15) is 0 Å². The minimum absolute atomic E-state index is 0.0429. The Hall–Kier alpha value is -1.80. The van der Waals surface area contributed by atoms with Crippen LogP contribution < -0.4 is 5.32 Å². The van der Waals surface area contributed by atoms with Crippen molar-refractivity contribution in [3.8, 4) is 0 Å². The lowest BCUT2D eigenvalue weighted by Gasteiger charge is -2.09. The number of halogens is 3. The van der Waals surface area contributed by atoms with Crippen molar-refractivity contribution in [1.29, 1.82) is 0 Å². The second-order valence-electron chi connectivity index (χ2n) is 5.64. The fraction of sp³-hybridized carbons (Fsp3) is 0.222. The average molecular weight is 428 g/mol. The minimum Gasteiger partial charge on any atom is -0.383 e. The van der Waals surface area contributed by atoms with E-state index in [2.05, 4.69) is 10.3 Å². The van der Waals surface area contributed by atoms with Gasteiger partial charge in [-0.2, -0.15) is 0 Å². The lowest BCUT2D eigenvalue weighted by Crippen LogP contribution is -2.15. The molecule has 0 atom stereocenters. The lowest BCUT2D eigenvalue weighted by atomic mass is 10.3. The van der Waals surface area contributed by atoms with Crippen molar-refractivity contribution >= 4 is 57.6 Å². The summed E-state index contributed by atoms with van der Waals surface area (Å²) in [6, 6.07) is 9.51. The quantitative estimate of drug-likeness (QED) is 0.547. The SMILES string of the molecule is COCCn1c(SCC(=O)Nc2ccc(F)c(Cl)c2)nc2cc(Cl)ccc21. The summed E-state index contributed by atoms with van der Waals surface area (Å²) in [4.78, 5) is 16.8. The highest BCUT2D eigenvalue weighted by Gasteiger charge is 2.14. The highest BCUT2D eigenvalue weighted by molar-refractivity contribution is 7.99. The molecule has 0 aliphatic rings. The van der Waals surface area contributed by atoms with Crippen LogP contribution in [0.3, 0.4) is 0 Å². The number of rotatable bonds is 7. The minimum atomic E-state index is -0.533. The largest absolute Gasteiger partial charge is 0.383 e. The molecule has 1 heterocycles. The molecule has 0 radical (unpaired) electrons. The van der Waals surface area contributed by atoms with Gasteiger partial charge in [-0.3, -0.25) is 4.79 Å². The number of hydrogen-bond acceptors (Lipinski definition) is 4. The van der Waals surface area contributed by atoms with Crippen LogP contribution in [0, 0.1) is 5.82 Å². The number of amides is 1. The van der Waals surface area contributed by atoms with E-state index in [0.29, 0.717) is 29.0 Å². The molecule has 1 aromatic heterocycles. The molecule has 0 aliphatic carbocycles. The van der Waals surface area contributed by atoms with Gasteiger partial charge in [0.05, 0.1) is 28.4 Å². The highest BCUT2D eigenvalue weighted by Crippen LogP contribution is 2.27. The maximum atomic E-state index is 13.2. The number of carbonyl (C=O) groups excluding carboxylic acids is 1. The van der Waals surface area contributed by atoms with Gasteiger partial charge < -0.3 is 14.6 Å².